The normalized spacial score (nSPS) is 22.9. The SMILES string of the molecule is CC(=O)OC[C@@H]1O[C@H](NC(=S)Nc2cccc3ccccc23)[C@H](OC(C)=O)[C@H](OC(C)=O)[C@H]1OC(C)=O. The summed E-state index contributed by atoms with van der Waals surface area (Å²) in [5.74, 6) is -2.73. The molecule has 11 nitrogen and oxygen atoms in total. The molecule has 0 amide bonds. The molecule has 1 fully saturated rings. The van der Waals surface area contributed by atoms with Gasteiger partial charge in [-0.15, -0.1) is 0 Å². The van der Waals surface area contributed by atoms with E-state index in [0.29, 0.717) is 5.69 Å². The van der Waals surface area contributed by atoms with Crippen molar-refractivity contribution >= 4 is 57.7 Å². The monoisotopic (exact) mass is 532 g/mol. The molecule has 1 heterocycles. The number of anilines is 1. The van der Waals surface area contributed by atoms with Crippen LogP contribution < -0.4 is 10.6 Å². The van der Waals surface area contributed by atoms with Gasteiger partial charge in [0.1, 0.15) is 12.7 Å². The summed E-state index contributed by atoms with van der Waals surface area (Å²) in [6, 6.07) is 13.3. The van der Waals surface area contributed by atoms with E-state index in [1.54, 1.807) is 0 Å². The summed E-state index contributed by atoms with van der Waals surface area (Å²) in [7, 11) is 0. The second-order valence-corrected chi connectivity index (χ2v) is 8.65. The van der Waals surface area contributed by atoms with Crippen LogP contribution in [0.1, 0.15) is 27.7 Å². The smallest absolute Gasteiger partial charge is 0.303 e. The number of nitrogens with one attached hydrogen (secondary N) is 2. The molecule has 0 unspecified atom stereocenters. The lowest BCUT2D eigenvalue weighted by atomic mass is 9.97. The lowest BCUT2D eigenvalue weighted by molar-refractivity contribution is -0.254. The van der Waals surface area contributed by atoms with E-state index in [4.69, 9.17) is 35.9 Å². The van der Waals surface area contributed by atoms with Gasteiger partial charge in [0.2, 0.25) is 0 Å². The Kier molecular flexibility index (Phi) is 9.36. The number of hydrogen-bond donors (Lipinski definition) is 2. The third-order valence-electron chi connectivity index (χ3n) is 5.30. The predicted molar refractivity (Wildman–Crippen MR) is 135 cm³/mol. The second-order valence-electron chi connectivity index (χ2n) is 8.25. The van der Waals surface area contributed by atoms with Crippen molar-refractivity contribution in [3.8, 4) is 0 Å². The van der Waals surface area contributed by atoms with Gasteiger partial charge in [0.15, 0.2) is 29.7 Å². The van der Waals surface area contributed by atoms with E-state index in [1.807, 2.05) is 42.5 Å². The summed E-state index contributed by atoms with van der Waals surface area (Å²) in [4.78, 5) is 47.2. The molecule has 5 atom stereocenters. The van der Waals surface area contributed by atoms with Gasteiger partial charge in [0.05, 0.1) is 0 Å². The fourth-order valence-corrected chi connectivity index (χ4v) is 4.19. The fraction of sp³-hybridized carbons (Fsp3) is 0.400. The van der Waals surface area contributed by atoms with Gasteiger partial charge < -0.3 is 34.3 Å². The van der Waals surface area contributed by atoms with Gasteiger partial charge in [-0.2, -0.15) is 0 Å². The van der Waals surface area contributed by atoms with E-state index in [1.165, 1.54) is 13.8 Å². The summed E-state index contributed by atoms with van der Waals surface area (Å²) in [5, 5.41) is 8.03. The number of ether oxygens (including phenoxy) is 5. The zero-order valence-corrected chi connectivity index (χ0v) is 21.5. The Morgan fingerprint density at radius 3 is 2.05 bits per heavy atom. The van der Waals surface area contributed by atoms with E-state index in [2.05, 4.69) is 10.6 Å². The highest BCUT2D eigenvalue weighted by Gasteiger charge is 2.52. The zero-order valence-electron chi connectivity index (χ0n) is 20.7. The number of benzene rings is 2. The molecule has 2 N–H and O–H groups in total. The molecule has 198 valence electrons. The van der Waals surface area contributed by atoms with Crippen LogP contribution >= 0.6 is 12.2 Å². The quantitative estimate of drug-likeness (QED) is 0.307. The molecule has 1 aliphatic rings. The number of carbonyl (C=O) groups is 4. The van der Waals surface area contributed by atoms with Crippen molar-refractivity contribution in [1.82, 2.24) is 5.32 Å². The first-order valence-corrected chi connectivity index (χ1v) is 11.8. The van der Waals surface area contributed by atoms with E-state index in [-0.39, 0.29) is 11.7 Å². The van der Waals surface area contributed by atoms with Crippen LogP contribution in [0, 0.1) is 0 Å². The number of hydrogen-bond acceptors (Lipinski definition) is 10. The summed E-state index contributed by atoms with van der Waals surface area (Å²) < 4.78 is 27.3. The van der Waals surface area contributed by atoms with Crippen LogP contribution in [-0.4, -0.2) is 66.2 Å². The number of esters is 4. The first kappa shape index (κ1) is 27.8. The van der Waals surface area contributed by atoms with Crippen LogP contribution in [0.3, 0.4) is 0 Å². The third-order valence-corrected chi connectivity index (χ3v) is 5.52. The Labute approximate surface area is 218 Å². The maximum atomic E-state index is 12.0. The molecule has 12 heteroatoms. The molecule has 2 aromatic rings. The van der Waals surface area contributed by atoms with Crippen molar-refractivity contribution in [1.29, 1.82) is 0 Å². The van der Waals surface area contributed by atoms with Crippen LogP contribution in [-0.2, 0) is 42.9 Å². The lowest BCUT2D eigenvalue weighted by Gasteiger charge is -2.44. The number of rotatable bonds is 7. The van der Waals surface area contributed by atoms with Gasteiger partial charge in [-0.05, 0) is 23.7 Å². The predicted octanol–water partition coefficient (Wildman–Crippen LogP) is 2.21. The van der Waals surface area contributed by atoms with Gasteiger partial charge in [0.25, 0.3) is 0 Å². The van der Waals surface area contributed by atoms with Gasteiger partial charge in [-0.25, -0.2) is 0 Å². The molecule has 0 saturated carbocycles. The molecule has 0 spiro atoms. The zero-order chi connectivity index (χ0) is 27.1. The van der Waals surface area contributed by atoms with E-state index in [0.717, 1.165) is 24.6 Å². The fourth-order valence-electron chi connectivity index (χ4n) is 3.97. The molecular formula is C25H28N2O9S. The molecule has 1 saturated heterocycles. The summed E-state index contributed by atoms with van der Waals surface area (Å²) in [5.41, 5.74) is 0.709. The van der Waals surface area contributed by atoms with Gasteiger partial charge >= 0.3 is 23.9 Å². The molecule has 0 aliphatic carbocycles. The molecule has 1 aliphatic heterocycles. The third kappa shape index (κ3) is 7.61. The number of fused-ring (bicyclic) bond motifs is 1. The lowest BCUT2D eigenvalue weighted by Crippen LogP contribution is -2.66. The molecule has 2 aromatic carbocycles. The molecule has 0 bridgehead atoms. The van der Waals surface area contributed by atoms with Crippen LogP contribution in [0.15, 0.2) is 42.5 Å². The minimum Gasteiger partial charge on any atom is -0.463 e. The summed E-state index contributed by atoms with van der Waals surface area (Å²) in [6.45, 7) is 4.34. The minimum atomic E-state index is -1.29. The van der Waals surface area contributed by atoms with Crippen molar-refractivity contribution in [2.75, 3.05) is 11.9 Å². The Bertz CT molecular complexity index is 1180. The van der Waals surface area contributed by atoms with Crippen LogP contribution in [0.5, 0.6) is 0 Å². The van der Waals surface area contributed by atoms with Crippen molar-refractivity contribution < 1.29 is 42.9 Å². The summed E-state index contributed by atoms with van der Waals surface area (Å²) in [6.07, 6.45) is -6.07. The molecular weight excluding hydrogens is 504 g/mol. The Morgan fingerprint density at radius 2 is 1.41 bits per heavy atom. The first-order chi connectivity index (χ1) is 17.5. The largest absolute Gasteiger partial charge is 0.463 e. The molecule has 0 aromatic heterocycles. The Morgan fingerprint density at radius 1 is 0.811 bits per heavy atom. The maximum Gasteiger partial charge on any atom is 0.303 e. The Hall–Kier alpha value is -3.77. The van der Waals surface area contributed by atoms with Gasteiger partial charge in [-0.3, -0.25) is 19.2 Å². The van der Waals surface area contributed by atoms with Crippen LogP contribution in [0.4, 0.5) is 5.69 Å². The minimum absolute atomic E-state index is 0.109. The number of carbonyl (C=O) groups excluding carboxylic acids is 4. The average Bonchev–Trinajstić information content (AvgIpc) is 2.81. The maximum absolute atomic E-state index is 12.0. The van der Waals surface area contributed by atoms with Crippen molar-refractivity contribution in [3.05, 3.63) is 42.5 Å². The second kappa shape index (κ2) is 12.5. The molecule has 3 rings (SSSR count). The van der Waals surface area contributed by atoms with Crippen LogP contribution in [0.25, 0.3) is 10.8 Å². The van der Waals surface area contributed by atoms with E-state index < -0.39 is 54.5 Å². The molecule has 37 heavy (non-hydrogen) atoms. The standard InChI is InChI=1S/C25H28N2O9S/c1-13(28)32-12-20-21(33-14(2)29)22(34-15(3)30)23(35-16(4)31)24(36-20)27-25(37)26-19-11-7-9-17-8-5-6-10-18(17)19/h5-11,20-24H,12H2,1-4H3,(H2,26,27,37)/t20-,21-,22+,23+,24-/m0/s1. The highest BCUT2D eigenvalue weighted by Crippen LogP contribution is 2.29. The van der Waals surface area contributed by atoms with Crippen LogP contribution in [0.2, 0.25) is 0 Å². The van der Waals surface area contributed by atoms with E-state index >= 15 is 0 Å². The van der Waals surface area contributed by atoms with Crippen molar-refractivity contribution in [3.63, 3.8) is 0 Å². The highest BCUT2D eigenvalue weighted by atomic mass is 32.1. The molecule has 0 radical (unpaired) electrons. The summed E-state index contributed by atoms with van der Waals surface area (Å²) >= 11 is 5.50. The van der Waals surface area contributed by atoms with Crippen molar-refractivity contribution in [2.45, 2.75) is 58.3 Å². The topological polar surface area (TPSA) is 138 Å². The van der Waals surface area contributed by atoms with E-state index in [9.17, 15) is 19.2 Å². The van der Waals surface area contributed by atoms with Gasteiger partial charge in [0, 0.05) is 38.8 Å². The first-order valence-electron chi connectivity index (χ1n) is 11.4. The van der Waals surface area contributed by atoms with Gasteiger partial charge in [-0.1, -0.05) is 36.4 Å². The average molecular weight is 533 g/mol. The van der Waals surface area contributed by atoms with Crippen molar-refractivity contribution in [2.24, 2.45) is 0 Å². The number of thiocarbonyl (C=S) groups is 1. The highest BCUT2D eigenvalue weighted by molar-refractivity contribution is 7.80. The Balaban J connectivity index is 1.91.